The summed E-state index contributed by atoms with van der Waals surface area (Å²) in [7, 11) is 0. The molecule has 74 valence electrons. The monoisotopic (exact) mass is 173 g/mol. The Morgan fingerprint density at radius 3 is 2.25 bits per heavy atom. The average molecular weight is 173 g/mol. The van der Waals surface area contributed by atoms with E-state index in [2.05, 4.69) is 20.8 Å². The van der Waals surface area contributed by atoms with Crippen LogP contribution in [0.25, 0.3) is 0 Å². The molecule has 0 radical (unpaired) electrons. The molecule has 0 aromatic heterocycles. The van der Waals surface area contributed by atoms with Crippen molar-refractivity contribution < 1.29 is 4.74 Å². The van der Waals surface area contributed by atoms with E-state index in [0.717, 1.165) is 19.4 Å². The minimum atomic E-state index is 0.00826. The summed E-state index contributed by atoms with van der Waals surface area (Å²) in [6.07, 6.45) is 3.40. The van der Waals surface area contributed by atoms with Crippen LogP contribution in [0, 0.1) is 0 Å². The van der Waals surface area contributed by atoms with Crippen LogP contribution < -0.4 is 5.73 Å². The lowest BCUT2D eigenvalue weighted by molar-refractivity contribution is -0.00478. The van der Waals surface area contributed by atoms with Gasteiger partial charge >= 0.3 is 0 Å². The Labute approximate surface area is 76.5 Å². The molecule has 2 N–H and O–H groups in total. The van der Waals surface area contributed by atoms with Crippen molar-refractivity contribution in [3.63, 3.8) is 0 Å². The summed E-state index contributed by atoms with van der Waals surface area (Å²) in [4.78, 5) is 0. The van der Waals surface area contributed by atoms with Gasteiger partial charge in [-0.1, -0.05) is 0 Å². The normalized spacial score (nSPS) is 14.8. The first kappa shape index (κ1) is 11.9. The van der Waals surface area contributed by atoms with Gasteiger partial charge in [0, 0.05) is 12.6 Å². The van der Waals surface area contributed by atoms with Crippen molar-refractivity contribution in [3.8, 4) is 0 Å². The molecule has 0 saturated heterocycles. The molecular weight excluding hydrogens is 150 g/mol. The number of unbranched alkanes of at least 4 members (excludes halogenated alkanes) is 1. The maximum absolute atomic E-state index is 5.62. The van der Waals surface area contributed by atoms with E-state index in [1.54, 1.807) is 0 Å². The molecule has 0 spiro atoms. The molecule has 0 aliphatic rings. The van der Waals surface area contributed by atoms with Crippen molar-refractivity contribution in [3.05, 3.63) is 0 Å². The standard InChI is InChI=1S/C10H23NO/c1-9(11)7-5-6-8-12-10(2,3)4/h9H,5-8,11H2,1-4H3. The second kappa shape index (κ2) is 5.55. The van der Waals surface area contributed by atoms with Gasteiger partial charge in [0.1, 0.15) is 0 Å². The van der Waals surface area contributed by atoms with Crippen LogP contribution in [0.3, 0.4) is 0 Å². The number of rotatable bonds is 5. The van der Waals surface area contributed by atoms with Crippen molar-refractivity contribution in [1.82, 2.24) is 0 Å². The molecule has 0 aliphatic heterocycles. The summed E-state index contributed by atoms with van der Waals surface area (Å²) in [5, 5.41) is 0. The van der Waals surface area contributed by atoms with E-state index in [-0.39, 0.29) is 5.60 Å². The molecule has 2 nitrogen and oxygen atoms in total. The molecule has 0 aliphatic carbocycles. The lowest BCUT2D eigenvalue weighted by Crippen LogP contribution is -2.20. The summed E-state index contributed by atoms with van der Waals surface area (Å²) in [5.74, 6) is 0. The van der Waals surface area contributed by atoms with E-state index in [0.29, 0.717) is 6.04 Å². The predicted octanol–water partition coefficient (Wildman–Crippen LogP) is 2.32. The molecule has 1 atom stereocenters. The summed E-state index contributed by atoms with van der Waals surface area (Å²) in [6.45, 7) is 9.15. The first-order chi connectivity index (χ1) is 5.42. The van der Waals surface area contributed by atoms with Crippen molar-refractivity contribution in [1.29, 1.82) is 0 Å². The Morgan fingerprint density at radius 2 is 1.83 bits per heavy atom. The summed E-state index contributed by atoms with van der Waals surface area (Å²) < 4.78 is 5.57. The highest BCUT2D eigenvalue weighted by Gasteiger charge is 2.08. The molecule has 0 fully saturated rings. The number of hydrogen-bond acceptors (Lipinski definition) is 2. The zero-order valence-electron chi connectivity index (χ0n) is 8.89. The van der Waals surface area contributed by atoms with Gasteiger partial charge in [0.05, 0.1) is 5.60 Å². The highest BCUT2D eigenvalue weighted by atomic mass is 16.5. The molecule has 0 heterocycles. The smallest absolute Gasteiger partial charge is 0.0598 e. The average Bonchev–Trinajstić information content (AvgIpc) is 1.83. The van der Waals surface area contributed by atoms with Crippen molar-refractivity contribution in [2.24, 2.45) is 5.73 Å². The third-order valence-corrected chi connectivity index (χ3v) is 1.59. The molecule has 0 bridgehead atoms. The highest BCUT2D eigenvalue weighted by molar-refractivity contribution is 4.59. The van der Waals surface area contributed by atoms with Crippen LogP contribution in [-0.4, -0.2) is 18.2 Å². The number of nitrogens with two attached hydrogens (primary N) is 1. The van der Waals surface area contributed by atoms with Gasteiger partial charge in [-0.2, -0.15) is 0 Å². The third kappa shape index (κ3) is 9.92. The second-order valence-electron chi connectivity index (χ2n) is 4.43. The molecule has 0 amide bonds. The summed E-state index contributed by atoms with van der Waals surface area (Å²) in [5.41, 5.74) is 5.63. The van der Waals surface area contributed by atoms with E-state index in [4.69, 9.17) is 10.5 Å². The van der Waals surface area contributed by atoms with Gasteiger partial charge in [0.2, 0.25) is 0 Å². The van der Waals surface area contributed by atoms with Crippen LogP contribution in [0.15, 0.2) is 0 Å². The lowest BCUT2D eigenvalue weighted by Gasteiger charge is -2.19. The van der Waals surface area contributed by atoms with E-state index < -0.39 is 0 Å². The van der Waals surface area contributed by atoms with E-state index in [1.165, 1.54) is 6.42 Å². The van der Waals surface area contributed by atoms with Gasteiger partial charge in [0.25, 0.3) is 0 Å². The quantitative estimate of drug-likeness (QED) is 0.648. The molecule has 0 aromatic carbocycles. The van der Waals surface area contributed by atoms with Gasteiger partial charge in [-0.15, -0.1) is 0 Å². The van der Waals surface area contributed by atoms with Crippen LogP contribution in [0.5, 0.6) is 0 Å². The maximum Gasteiger partial charge on any atom is 0.0598 e. The molecule has 12 heavy (non-hydrogen) atoms. The molecule has 0 saturated carbocycles. The van der Waals surface area contributed by atoms with Gasteiger partial charge in [-0.05, 0) is 47.0 Å². The molecular formula is C10H23NO. The first-order valence-electron chi connectivity index (χ1n) is 4.81. The molecule has 0 rings (SSSR count). The van der Waals surface area contributed by atoms with E-state index in [9.17, 15) is 0 Å². The fourth-order valence-corrected chi connectivity index (χ4v) is 0.947. The Hall–Kier alpha value is -0.0800. The molecule has 0 aromatic rings. The SMILES string of the molecule is CC(N)CCCCOC(C)(C)C. The van der Waals surface area contributed by atoms with E-state index in [1.807, 2.05) is 6.92 Å². The Balaban J connectivity index is 3.12. The van der Waals surface area contributed by atoms with Crippen LogP contribution >= 0.6 is 0 Å². The zero-order valence-corrected chi connectivity index (χ0v) is 8.89. The lowest BCUT2D eigenvalue weighted by atomic mass is 10.1. The highest BCUT2D eigenvalue weighted by Crippen LogP contribution is 2.08. The fourth-order valence-electron chi connectivity index (χ4n) is 0.947. The molecule has 1 unspecified atom stereocenters. The second-order valence-corrected chi connectivity index (χ2v) is 4.43. The van der Waals surface area contributed by atoms with Crippen LogP contribution in [0.1, 0.15) is 47.0 Å². The van der Waals surface area contributed by atoms with Gasteiger partial charge < -0.3 is 10.5 Å². The topological polar surface area (TPSA) is 35.2 Å². The third-order valence-electron chi connectivity index (χ3n) is 1.59. The van der Waals surface area contributed by atoms with Crippen LogP contribution in [-0.2, 0) is 4.74 Å². The molecule has 2 heteroatoms. The van der Waals surface area contributed by atoms with Crippen molar-refractivity contribution in [2.45, 2.75) is 58.6 Å². The zero-order chi connectivity index (χ0) is 9.61. The first-order valence-corrected chi connectivity index (χ1v) is 4.81. The van der Waals surface area contributed by atoms with Crippen molar-refractivity contribution in [2.75, 3.05) is 6.61 Å². The van der Waals surface area contributed by atoms with E-state index >= 15 is 0 Å². The van der Waals surface area contributed by atoms with Gasteiger partial charge in [-0.3, -0.25) is 0 Å². The summed E-state index contributed by atoms with van der Waals surface area (Å²) in [6, 6.07) is 0.333. The largest absolute Gasteiger partial charge is 0.376 e. The van der Waals surface area contributed by atoms with Gasteiger partial charge in [0.15, 0.2) is 0 Å². The Kier molecular flexibility index (Phi) is 5.51. The van der Waals surface area contributed by atoms with Crippen molar-refractivity contribution >= 4 is 0 Å². The van der Waals surface area contributed by atoms with Gasteiger partial charge in [-0.25, -0.2) is 0 Å². The van der Waals surface area contributed by atoms with Crippen LogP contribution in [0.4, 0.5) is 0 Å². The van der Waals surface area contributed by atoms with Crippen LogP contribution in [0.2, 0.25) is 0 Å². The number of hydrogen-bond donors (Lipinski definition) is 1. The predicted molar refractivity (Wildman–Crippen MR) is 53.2 cm³/mol. The fraction of sp³-hybridized carbons (Fsp3) is 1.00. The maximum atomic E-state index is 5.62. The Bertz CT molecular complexity index is 105. The Morgan fingerprint density at radius 1 is 1.25 bits per heavy atom. The summed E-state index contributed by atoms with van der Waals surface area (Å²) >= 11 is 0. The minimum absolute atomic E-state index is 0.00826. The number of ether oxygens (including phenoxy) is 1. The minimum Gasteiger partial charge on any atom is -0.376 e.